The van der Waals surface area contributed by atoms with Crippen LogP contribution in [0.2, 0.25) is 0 Å². The molecule has 2 aromatic rings. The number of thiophene rings is 1. The van der Waals surface area contributed by atoms with E-state index in [2.05, 4.69) is 4.72 Å². The van der Waals surface area contributed by atoms with Crippen molar-refractivity contribution in [3.63, 3.8) is 0 Å². The largest absolute Gasteiger partial charge is 0.389 e. The molecule has 0 amide bonds. The average molecular weight is 340 g/mol. The zero-order valence-corrected chi connectivity index (χ0v) is 14.2. The first-order chi connectivity index (χ1) is 9.85. The van der Waals surface area contributed by atoms with Crippen molar-refractivity contribution in [2.24, 2.45) is 5.73 Å². The van der Waals surface area contributed by atoms with E-state index >= 15 is 0 Å². The molecule has 0 aliphatic carbocycles. The fourth-order valence-corrected chi connectivity index (χ4v) is 4.48. The Morgan fingerprint density at radius 1 is 1.33 bits per heavy atom. The van der Waals surface area contributed by atoms with Gasteiger partial charge in [-0.05, 0) is 36.6 Å². The molecule has 0 atom stereocenters. The molecule has 0 aliphatic heterocycles. The number of aryl methyl sites for hydroxylation is 2. The van der Waals surface area contributed by atoms with E-state index in [-0.39, 0.29) is 9.20 Å². The van der Waals surface area contributed by atoms with Crippen molar-refractivity contribution >= 4 is 44.3 Å². The minimum atomic E-state index is -3.63. The highest BCUT2D eigenvalue weighted by molar-refractivity contribution is 7.94. The summed E-state index contributed by atoms with van der Waals surface area (Å²) in [7, 11) is -3.63. The standard InChI is InChI=1S/C14H16N2O2S3/c1-3-10-6-4-5-9(2)13(10)16-21(17,18)12-8-7-11(20-12)14(15)19/h4-8,16H,3H2,1-2H3,(H2,15,19). The predicted molar refractivity (Wildman–Crippen MR) is 91.6 cm³/mol. The Morgan fingerprint density at radius 2 is 2.05 bits per heavy atom. The molecule has 0 saturated heterocycles. The first kappa shape index (κ1) is 15.9. The van der Waals surface area contributed by atoms with Crippen LogP contribution < -0.4 is 10.5 Å². The van der Waals surface area contributed by atoms with Crippen molar-refractivity contribution in [2.45, 2.75) is 24.5 Å². The molecule has 2 rings (SSSR count). The van der Waals surface area contributed by atoms with Gasteiger partial charge in [0.1, 0.15) is 9.20 Å². The van der Waals surface area contributed by atoms with Gasteiger partial charge < -0.3 is 5.73 Å². The van der Waals surface area contributed by atoms with Crippen molar-refractivity contribution < 1.29 is 8.42 Å². The predicted octanol–water partition coefficient (Wildman–Crippen LogP) is 3.05. The number of nitrogens with two attached hydrogens (primary N) is 1. The third kappa shape index (κ3) is 3.42. The van der Waals surface area contributed by atoms with Gasteiger partial charge in [0.15, 0.2) is 0 Å². The molecule has 0 spiro atoms. The van der Waals surface area contributed by atoms with Gasteiger partial charge in [0, 0.05) is 0 Å². The second kappa shape index (κ2) is 6.13. The van der Waals surface area contributed by atoms with Gasteiger partial charge in [-0.15, -0.1) is 11.3 Å². The highest BCUT2D eigenvalue weighted by atomic mass is 32.2. The molecule has 0 unspecified atom stereocenters. The number of hydrogen-bond donors (Lipinski definition) is 2. The van der Waals surface area contributed by atoms with Gasteiger partial charge in [-0.1, -0.05) is 37.3 Å². The molecule has 1 aromatic carbocycles. The number of nitrogens with one attached hydrogen (secondary N) is 1. The van der Waals surface area contributed by atoms with E-state index in [9.17, 15) is 8.42 Å². The number of thiocarbonyl (C=S) groups is 1. The summed E-state index contributed by atoms with van der Waals surface area (Å²) in [6, 6.07) is 8.86. The van der Waals surface area contributed by atoms with E-state index in [4.69, 9.17) is 18.0 Å². The van der Waals surface area contributed by atoms with Crippen LogP contribution in [0.25, 0.3) is 0 Å². The topological polar surface area (TPSA) is 72.2 Å². The maximum absolute atomic E-state index is 12.5. The van der Waals surface area contributed by atoms with Crippen LogP contribution in [0.5, 0.6) is 0 Å². The fraction of sp³-hybridized carbons (Fsp3) is 0.214. The molecular weight excluding hydrogens is 324 g/mol. The zero-order valence-electron chi connectivity index (χ0n) is 11.7. The number of anilines is 1. The highest BCUT2D eigenvalue weighted by Crippen LogP contribution is 2.27. The van der Waals surface area contributed by atoms with Gasteiger partial charge in [0.25, 0.3) is 10.0 Å². The smallest absolute Gasteiger partial charge is 0.271 e. The summed E-state index contributed by atoms with van der Waals surface area (Å²) >= 11 is 5.93. The number of sulfonamides is 1. The Kier molecular flexibility index (Phi) is 4.65. The van der Waals surface area contributed by atoms with E-state index in [1.807, 2.05) is 32.0 Å². The van der Waals surface area contributed by atoms with Crippen molar-refractivity contribution in [2.75, 3.05) is 4.72 Å². The minimum absolute atomic E-state index is 0.201. The molecule has 0 radical (unpaired) electrons. The van der Waals surface area contributed by atoms with Crippen LogP contribution in [0.1, 0.15) is 22.9 Å². The molecule has 0 fully saturated rings. The molecule has 0 bridgehead atoms. The normalized spacial score (nSPS) is 11.3. The maximum atomic E-state index is 12.5. The van der Waals surface area contributed by atoms with Gasteiger partial charge in [0.05, 0.1) is 10.6 Å². The summed E-state index contributed by atoms with van der Waals surface area (Å²) in [5.41, 5.74) is 8.02. The molecule has 0 saturated carbocycles. The minimum Gasteiger partial charge on any atom is -0.389 e. The first-order valence-corrected chi connectivity index (χ1v) is 9.07. The summed E-state index contributed by atoms with van der Waals surface area (Å²) in [4.78, 5) is 0.789. The summed E-state index contributed by atoms with van der Waals surface area (Å²) in [5.74, 6) is 0. The molecule has 21 heavy (non-hydrogen) atoms. The second-order valence-electron chi connectivity index (χ2n) is 4.55. The van der Waals surface area contributed by atoms with Crippen LogP contribution in [0, 0.1) is 6.92 Å². The van der Waals surface area contributed by atoms with E-state index in [1.165, 1.54) is 6.07 Å². The van der Waals surface area contributed by atoms with Crippen LogP contribution in [0.4, 0.5) is 5.69 Å². The summed E-state index contributed by atoms with van der Waals surface area (Å²) in [5, 5.41) is 0. The Balaban J connectivity index is 2.40. The van der Waals surface area contributed by atoms with Crippen molar-refractivity contribution in [3.05, 3.63) is 46.3 Å². The van der Waals surface area contributed by atoms with E-state index in [0.717, 1.165) is 28.9 Å². The number of rotatable bonds is 5. The lowest BCUT2D eigenvalue weighted by molar-refractivity contribution is 0.603. The lowest BCUT2D eigenvalue weighted by Gasteiger charge is -2.13. The van der Waals surface area contributed by atoms with Gasteiger partial charge in [-0.2, -0.15) is 0 Å². The third-order valence-corrected chi connectivity index (χ3v) is 6.37. The first-order valence-electron chi connectivity index (χ1n) is 6.36. The molecule has 1 aromatic heterocycles. The Morgan fingerprint density at radius 3 is 2.62 bits per heavy atom. The van der Waals surface area contributed by atoms with Crippen LogP contribution in [-0.4, -0.2) is 13.4 Å². The Labute approximate surface area is 134 Å². The molecule has 1 heterocycles. The number of para-hydroxylation sites is 1. The maximum Gasteiger partial charge on any atom is 0.271 e. The van der Waals surface area contributed by atoms with Crippen LogP contribution in [-0.2, 0) is 16.4 Å². The van der Waals surface area contributed by atoms with E-state index < -0.39 is 10.0 Å². The molecule has 112 valence electrons. The summed E-state index contributed by atoms with van der Waals surface area (Å²) in [6.07, 6.45) is 0.752. The quantitative estimate of drug-likeness (QED) is 0.821. The zero-order chi connectivity index (χ0) is 15.6. The van der Waals surface area contributed by atoms with Crippen LogP contribution in [0.15, 0.2) is 34.5 Å². The van der Waals surface area contributed by atoms with Gasteiger partial charge in [-0.3, -0.25) is 4.72 Å². The molecular formula is C14H16N2O2S3. The fourth-order valence-electron chi connectivity index (χ4n) is 1.95. The van der Waals surface area contributed by atoms with Gasteiger partial charge >= 0.3 is 0 Å². The summed E-state index contributed by atoms with van der Waals surface area (Å²) < 4.78 is 27.8. The Bertz CT molecular complexity index is 779. The lowest BCUT2D eigenvalue weighted by atomic mass is 10.1. The number of hydrogen-bond acceptors (Lipinski definition) is 4. The van der Waals surface area contributed by atoms with Crippen molar-refractivity contribution in [1.82, 2.24) is 0 Å². The van der Waals surface area contributed by atoms with Gasteiger partial charge in [-0.25, -0.2) is 8.42 Å². The van der Waals surface area contributed by atoms with E-state index in [0.29, 0.717) is 10.6 Å². The summed E-state index contributed by atoms with van der Waals surface area (Å²) in [6.45, 7) is 3.87. The molecule has 4 nitrogen and oxygen atoms in total. The van der Waals surface area contributed by atoms with Crippen LogP contribution in [0.3, 0.4) is 0 Å². The Hall–Kier alpha value is -1.44. The lowest BCUT2D eigenvalue weighted by Crippen LogP contribution is -2.14. The number of benzene rings is 1. The van der Waals surface area contributed by atoms with Crippen molar-refractivity contribution in [3.8, 4) is 0 Å². The van der Waals surface area contributed by atoms with Crippen LogP contribution >= 0.6 is 23.6 Å². The highest BCUT2D eigenvalue weighted by Gasteiger charge is 2.19. The third-order valence-electron chi connectivity index (χ3n) is 3.07. The van der Waals surface area contributed by atoms with Gasteiger partial charge in [0.2, 0.25) is 0 Å². The molecule has 3 N–H and O–H groups in total. The average Bonchev–Trinajstić information content (AvgIpc) is 2.91. The molecule has 0 aliphatic rings. The molecule has 7 heteroatoms. The van der Waals surface area contributed by atoms with E-state index in [1.54, 1.807) is 6.07 Å². The monoisotopic (exact) mass is 340 g/mol. The SMILES string of the molecule is CCc1cccc(C)c1NS(=O)(=O)c1ccc(C(N)=S)s1. The van der Waals surface area contributed by atoms with Crippen molar-refractivity contribution in [1.29, 1.82) is 0 Å². The second-order valence-corrected chi connectivity index (χ2v) is 7.98.